The zero-order valence-corrected chi connectivity index (χ0v) is 19.5. The summed E-state index contributed by atoms with van der Waals surface area (Å²) >= 11 is 0. The Kier molecular flexibility index (Phi) is 6.27. The highest BCUT2D eigenvalue weighted by atomic mass is 19.1. The van der Waals surface area contributed by atoms with Crippen LogP contribution < -0.4 is 4.90 Å². The summed E-state index contributed by atoms with van der Waals surface area (Å²) in [4.78, 5) is 51.4. The number of amides is 3. The molecule has 7 nitrogen and oxygen atoms in total. The quantitative estimate of drug-likeness (QED) is 0.280. The minimum absolute atomic E-state index is 0.0434. The van der Waals surface area contributed by atoms with Gasteiger partial charge in [-0.3, -0.25) is 29.3 Å². The molecule has 3 amide bonds. The van der Waals surface area contributed by atoms with E-state index >= 15 is 0 Å². The fourth-order valence-corrected chi connectivity index (χ4v) is 4.48. The Morgan fingerprint density at radius 2 is 1.54 bits per heavy atom. The fourth-order valence-electron chi connectivity index (χ4n) is 4.48. The van der Waals surface area contributed by atoms with Crippen molar-refractivity contribution >= 4 is 34.4 Å². The molecule has 184 valence electrons. The standard InChI is InChI=1S/C28H20F2N4O3/c1-2-11-33(20-7-8-23-24(16-20)32-10-9-31-23)28(37)25(14-17-12-18(29)15-19(30)13-17)34-26(35)21-5-3-4-6-22(21)27(34)36/h2-10,12-13,15-16,25H,1,11,14H2/t25-/m0/s1. The Morgan fingerprint density at radius 3 is 2.16 bits per heavy atom. The Bertz CT molecular complexity index is 1520. The predicted octanol–water partition coefficient (Wildman–Crippen LogP) is 4.33. The van der Waals surface area contributed by atoms with E-state index in [0.29, 0.717) is 22.8 Å². The van der Waals surface area contributed by atoms with Gasteiger partial charge < -0.3 is 4.90 Å². The molecule has 3 aromatic carbocycles. The molecule has 0 fully saturated rings. The average Bonchev–Trinajstić information content (AvgIpc) is 3.14. The smallest absolute Gasteiger partial charge is 0.262 e. The third-order valence-corrected chi connectivity index (χ3v) is 6.12. The summed E-state index contributed by atoms with van der Waals surface area (Å²) < 4.78 is 28.0. The van der Waals surface area contributed by atoms with Crippen molar-refractivity contribution in [3.05, 3.63) is 114 Å². The molecule has 0 saturated carbocycles. The van der Waals surface area contributed by atoms with E-state index < -0.39 is 35.4 Å². The lowest BCUT2D eigenvalue weighted by atomic mass is 10.0. The molecular weight excluding hydrogens is 478 g/mol. The van der Waals surface area contributed by atoms with Gasteiger partial charge in [-0.05, 0) is 48.0 Å². The molecular formula is C28H20F2N4O3. The van der Waals surface area contributed by atoms with Gasteiger partial charge in [0.25, 0.3) is 17.7 Å². The highest BCUT2D eigenvalue weighted by Gasteiger charge is 2.44. The second kappa shape index (κ2) is 9.69. The summed E-state index contributed by atoms with van der Waals surface area (Å²) in [6, 6.07) is 12.7. The van der Waals surface area contributed by atoms with Crippen molar-refractivity contribution in [1.29, 1.82) is 0 Å². The molecule has 1 aliphatic heterocycles. The van der Waals surface area contributed by atoms with Crippen molar-refractivity contribution in [2.75, 3.05) is 11.4 Å². The lowest BCUT2D eigenvalue weighted by Crippen LogP contribution is -2.52. The van der Waals surface area contributed by atoms with E-state index in [1.165, 1.54) is 29.3 Å². The van der Waals surface area contributed by atoms with Crippen LogP contribution in [0.2, 0.25) is 0 Å². The molecule has 0 bridgehead atoms. The predicted molar refractivity (Wildman–Crippen MR) is 133 cm³/mol. The second-order valence-corrected chi connectivity index (χ2v) is 8.49. The molecule has 0 N–H and O–H groups in total. The fraction of sp³-hybridized carbons (Fsp3) is 0.107. The minimum Gasteiger partial charge on any atom is -0.307 e. The maximum Gasteiger partial charge on any atom is 0.262 e. The van der Waals surface area contributed by atoms with Crippen LogP contribution in [0, 0.1) is 11.6 Å². The van der Waals surface area contributed by atoms with Gasteiger partial charge in [0.2, 0.25) is 0 Å². The Hall–Kier alpha value is -4.79. The number of imide groups is 1. The van der Waals surface area contributed by atoms with E-state index in [1.54, 1.807) is 36.5 Å². The molecule has 4 aromatic rings. The summed E-state index contributed by atoms with van der Waals surface area (Å²) in [5.41, 5.74) is 2.02. The average molecular weight is 498 g/mol. The van der Waals surface area contributed by atoms with Crippen molar-refractivity contribution in [2.24, 2.45) is 0 Å². The summed E-state index contributed by atoms with van der Waals surface area (Å²) in [7, 11) is 0. The number of nitrogens with zero attached hydrogens (tertiary/aromatic N) is 4. The molecule has 1 aromatic heterocycles. The maximum absolute atomic E-state index is 14.1. The molecule has 0 radical (unpaired) electrons. The maximum atomic E-state index is 14.1. The van der Waals surface area contributed by atoms with Crippen LogP contribution in [0.15, 0.2) is 85.7 Å². The lowest BCUT2D eigenvalue weighted by molar-refractivity contribution is -0.122. The highest BCUT2D eigenvalue weighted by molar-refractivity contribution is 6.23. The van der Waals surface area contributed by atoms with E-state index in [0.717, 1.165) is 17.0 Å². The number of rotatable bonds is 7. The van der Waals surface area contributed by atoms with Gasteiger partial charge in [0.1, 0.15) is 17.7 Å². The second-order valence-electron chi connectivity index (χ2n) is 8.49. The Morgan fingerprint density at radius 1 is 0.919 bits per heavy atom. The molecule has 37 heavy (non-hydrogen) atoms. The van der Waals surface area contributed by atoms with Crippen molar-refractivity contribution < 1.29 is 23.2 Å². The number of fused-ring (bicyclic) bond motifs is 2. The van der Waals surface area contributed by atoms with E-state index in [2.05, 4.69) is 16.5 Å². The van der Waals surface area contributed by atoms with Crippen LogP contribution in [-0.4, -0.2) is 45.2 Å². The third-order valence-electron chi connectivity index (χ3n) is 6.12. The van der Waals surface area contributed by atoms with Gasteiger partial charge in [-0.15, -0.1) is 6.58 Å². The first-order valence-corrected chi connectivity index (χ1v) is 11.4. The number of carbonyl (C=O) groups is 3. The van der Waals surface area contributed by atoms with Gasteiger partial charge in [-0.1, -0.05) is 18.2 Å². The molecule has 0 aliphatic carbocycles. The zero-order valence-electron chi connectivity index (χ0n) is 19.5. The minimum atomic E-state index is -1.38. The zero-order chi connectivity index (χ0) is 26.1. The van der Waals surface area contributed by atoms with Crippen LogP contribution >= 0.6 is 0 Å². The molecule has 1 aliphatic rings. The Labute approximate surface area is 210 Å². The van der Waals surface area contributed by atoms with Crippen LogP contribution in [-0.2, 0) is 11.2 Å². The van der Waals surface area contributed by atoms with Crippen molar-refractivity contribution in [1.82, 2.24) is 14.9 Å². The SMILES string of the molecule is C=CCN(C(=O)[C@H](Cc1cc(F)cc(F)c1)N1C(=O)c2ccccc2C1=O)c1ccc2nccnc2c1. The number of anilines is 1. The van der Waals surface area contributed by atoms with Gasteiger partial charge in [0.15, 0.2) is 0 Å². The topological polar surface area (TPSA) is 83.5 Å². The summed E-state index contributed by atoms with van der Waals surface area (Å²) in [6.07, 6.45) is 4.27. The number of benzene rings is 3. The molecule has 0 unspecified atom stereocenters. The molecule has 0 saturated heterocycles. The van der Waals surface area contributed by atoms with Crippen molar-refractivity contribution in [2.45, 2.75) is 12.5 Å². The lowest BCUT2D eigenvalue weighted by Gasteiger charge is -2.31. The highest BCUT2D eigenvalue weighted by Crippen LogP contribution is 2.29. The van der Waals surface area contributed by atoms with Gasteiger partial charge in [-0.2, -0.15) is 0 Å². The molecule has 2 heterocycles. The molecule has 1 atom stereocenters. The number of aromatic nitrogens is 2. The first-order valence-electron chi connectivity index (χ1n) is 11.4. The van der Waals surface area contributed by atoms with Crippen LogP contribution in [0.25, 0.3) is 11.0 Å². The van der Waals surface area contributed by atoms with E-state index in [9.17, 15) is 23.2 Å². The van der Waals surface area contributed by atoms with Crippen molar-refractivity contribution in [3.63, 3.8) is 0 Å². The van der Waals surface area contributed by atoms with Gasteiger partial charge in [0, 0.05) is 37.1 Å². The summed E-state index contributed by atoms with van der Waals surface area (Å²) in [6.45, 7) is 3.77. The normalized spacial score (nSPS) is 13.5. The van der Waals surface area contributed by atoms with Crippen LogP contribution in [0.5, 0.6) is 0 Å². The van der Waals surface area contributed by atoms with Crippen LogP contribution in [0.3, 0.4) is 0 Å². The monoisotopic (exact) mass is 498 g/mol. The summed E-state index contributed by atoms with van der Waals surface area (Å²) in [5, 5.41) is 0. The van der Waals surface area contributed by atoms with Gasteiger partial charge >= 0.3 is 0 Å². The number of hydrogen-bond donors (Lipinski definition) is 0. The Balaban J connectivity index is 1.59. The van der Waals surface area contributed by atoms with E-state index in [-0.39, 0.29) is 29.7 Å². The third kappa shape index (κ3) is 4.47. The number of hydrogen-bond acceptors (Lipinski definition) is 5. The molecule has 0 spiro atoms. The van der Waals surface area contributed by atoms with E-state index in [1.807, 2.05) is 0 Å². The molecule has 9 heteroatoms. The number of carbonyl (C=O) groups excluding carboxylic acids is 3. The van der Waals surface area contributed by atoms with Gasteiger partial charge in [-0.25, -0.2) is 8.78 Å². The van der Waals surface area contributed by atoms with E-state index in [4.69, 9.17) is 0 Å². The van der Waals surface area contributed by atoms with Crippen LogP contribution in [0.4, 0.5) is 14.5 Å². The summed E-state index contributed by atoms with van der Waals surface area (Å²) in [5.74, 6) is -3.60. The number of halogens is 2. The first kappa shape index (κ1) is 23.9. The molecule has 5 rings (SSSR count). The largest absolute Gasteiger partial charge is 0.307 e. The van der Waals surface area contributed by atoms with Crippen molar-refractivity contribution in [3.8, 4) is 0 Å². The van der Waals surface area contributed by atoms with Crippen LogP contribution in [0.1, 0.15) is 26.3 Å². The first-order chi connectivity index (χ1) is 17.9. The van der Waals surface area contributed by atoms with Gasteiger partial charge in [0.05, 0.1) is 22.2 Å².